The van der Waals surface area contributed by atoms with E-state index < -0.39 is 23.3 Å². The molecular weight excluding hydrogens is 239 g/mol. The van der Waals surface area contributed by atoms with Crippen molar-refractivity contribution in [2.24, 2.45) is 0 Å². The van der Waals surface area contributed by atoms with Gasteiger partial charge in [0.1, 0.15) is 0 Å². The van der Waals surface area contributed by atoms with Gasteiger partial charge >= 0.3 is 12.1 Å². The first-order chi connectivity index (χ1) is 7.73. The zero-order valence-corrected chi connectivity index (χ0v) is 8.75. The van der Waals surface area contributed by atoms with Crippen molar-refractivity contribution in [1.82, 2.24) is 0 Å². The number of carbonyl (C=O) groups is 1. The average molecular weight is 249 g/mol. The molecule has 0 aliphatic rings. The molecule has 1 unspecified atom stereocenters. The molecule has 4 nitrogen and oxygen atoms in total. The van der Waals surface area contributed by atoms with Crippen LogP contribution in [0.2, 0.25) is 0 Å². The summed E-state index contributed by atoms with van der Waals surface area (Å²) >= 11 is 0. The summed E-state index contributed by atoms with van der Waals surface area (Å²) in [7, 11) is 1.56. The van der Waals surface area contributed by atoms with Crippen LogP contribution in [0, 0.1) is 0 Å². The number of halogens is 3. The van der Waals surface area contributed by atoms with Gasteiger partial charge in [-0.05, 0) is 12.1 Å². The molecule has 1 rings (SSSR count). The summed E-state index contributed by atoms with van der Waals surface area (Å²) in [6.45, 7) is 0. The number of aliphatic carboxylic acids is 1. The van der Waals surface area contributed by atoms with E-state index in [1.54, 1.807) is 7.05 Å². The largest absolute Gasteiger partial charge is 0.479 e. The maximum absolute atomic E-state index is 12.6. The molecule has 3 N–H and O–H groups in total. The van der Waals surface area contributed by atoms with Gasteiger partial charge in [0.05, 0.1) is 0 Å². The number of hydrogen-bond acceptors (Lipinski definition) is 3. The molecule has 0 amide bonds. The van der Waals surface area contributed by atoms with Crippen LogP contribution in [-0.2, 0) is 10.4 Å². The summed E-state index contributed by atoms with van der Waals surface area (Å²) in [4.78, 5) is 10.6. The van der Waals surface area contributed by atoms with Crippen LogP contribution in [0.1, 0.15) is 5.56 Å². The van der Waals surface area contributed by atoms with Crippen molar-refractivity contribution in [3.8, 4) is 0 Å². The molecule has 0 bridgehead atoms. The van der Waals surface area contributed by atoms with Gasteiger partial charge in [-0.3, -0.25) is 0 Å². The number of carboxylic acids is 1. The highest BCUT2D eigenvalue weighted by Crippen LogP contribution is 2.39. The number of hydrogen-bond donors (Lipinski definition) is 3. The van der Waals surface area contributed by atoms with Crippen molar-refractivity contribution in [3.63, 3.8) is 0 Å². The van der Waals surface area contributed by atoms with Crippen LogP contribution < -0.4 is 5.32 Å². The minimum Gasteiger partial charge on any atom is -0.479 e. The Morgan fingerprint density at radius 3 is 2.00 bits per heavy atom. The number of rotatable bonds is 3. The fourth-order valence-corrected chi connectivity index (χ4v) is 1.29. The van der Waals surface area contributed by atoms with E-state index >= 15 is 0 Å². The number of nitrogens with one attached hydrogen (secondary N) is 1. The average Bonchev–Trinajstić information content (AvgIpc) is 2.26. The van der Waals surface area contributed by atoms with Gasteiger partial charge in [0.2, 0.25) is 0 Å². The fraction of sp³-hybridized carbons (Fsp3) is 0.300. The van der Waals surface area contributed by atoms with Crippen LogP contribution >= 0.6 is 0 Å². The number of carboxylic acid groups (broad SMARTS) is 1. The second-order valence-corrected chi connectivity index (χ2v) is 3.34. The Bertz CT molecular complexity index is 416. The summed E-state index contributed by atoms with van der Waals surface area (Å²) in [5, 5.41) is 20.5. The minimum absolute atomic E-state index is 0.503. The molecule has 17 heavy (non-hydrogen) atoms. The highest BCUT2D eigenvalue weighted by atomic mass is 19.4. The highest BCUT2D eigenvalue weighted by Gasteiger charge is 2.61. The van der Waals surface area contributed by atoms with E-state index in [1.807, 2.05) is 0 Å². The molecule has 0 fully saturated rings. The van der Waals surface area contributed by atoms with Gasteiger partial charge in [-0.25, -0.2) is 4.79 Å². The first kappa shape index (κ1) is 13.3. The van der Waals surface area contributed by atoms with Gasteiger partial charge < -0.3 is 15.5 Å². The smallest absolute Gasteiger partial charge is 0.432 e. The molecule has 0 spiro atoms. The highest BCUT2D eigenvalue weighted by molar-refractivity contribution is 5.80. The first-order valence-corrected chi connectivity index (χ1v) is 4.54. The number of alkyl halides is 3. The molecule has 0 radical (unpaired) electrons. The van der Waals surface area contributed by atoms with E-state index in [9.17, 15) is 23.1 Å². The second-order valence-electron chi connectivity index (χ2n) is 3.34. The van der Waals surface area contributed by atoms with E-state index in [0.29, 0.717) is 5.69 Å². The third-order valence-corrected chi connectivity index (χ3v) is 2.31. The monoisotopic (exact) mass is 249 g/mol. The summed E-state index contributed by atoms with van der Waals surface area (Å²) in [6, 6.07) is 4.31. The topological polar surface area (TPSA) is 69.6 Å². The number of aliphatic hydroxyl groups is 1. The predicted octanol–water partition coefficient (Wildman–Crippen LogP) is 1.56. The van der Waals surface area contributed by atoms with Crippen LogP contribution in [0.25, 0.3) is 0 Å². The number of anilines is 1. The van der Waals surface area contributed by atoms with Crippen molar-refractivity contribution < 1.29 is 28.2 Å². The van der Waals surface area contributed by atoms with Gasteiger partial charge in [0.25, 0.3) is 5.60 Å². The lowest BCUT2D eigenvalue weighted by atomic mass is 9.93. The SMILES string of the molecule is CNc1ccc(C(O)(C(=O)O)C(F)(F)F)cc1. The van der Waals surface area contributed by atoms with Gasteiger partial charge in [0.15, 0.2) is 0 Å². The molecule has 7 heteroatoms. The van der Waals surface area contributed by atoms with Crippen LogP contribution in [0.15, 0.2) is 24.3 Å². The van der Waals surface area contributed by atoms with Gasteiger partial charge in [0, 0.05) is 18.3 Å². The van der Waals surface area contributed by atoms with Crippen molar-refractivity contribution >= 4 is 11.7 Å². The van der Waals surface area contributed by atoms with Crippen LogP contribution in [0.5, 0.6) is 0 Å². The molecular formula is C10H10F3NO3. The minimum atomic E-state index is -5.29. The zero-order valence-electron chi connectivity index (χ0n) is 8.75. The van der Waals surface area contributed by atoms with Crippen LogP contribution in [0.3, 0.4) is 0 Å². The van der Waals surface area contributed by atoms with Gasteiger partial charge in [-0.15, -0.1) is 0 Å². The van der Waals surface area contributed by atoms with Crippen LogP contribution in [-0.4, -0.2) is 29.4 Å². The number of benzene rings is 1. The van der Waals surface area contributed by atoms with Gasteiger partial charge in [-0.1, -0.05) is 12.1 Å². The maximum atomic E-state index is 12.6. The molecule has 0 saturated carbocycles. The molecule has 1 atom stereocenters. The molecule has 0 heterocycles. The third-order valence-electron chi connectivity index (χ3n) is 2.31. The summed E-state index contributed by atoms with van der Waals surface area (Å²) < 4.78 is 37.7. The van der Waals surface area contributed by atoms with Crippen molar-refractivity contribution in [2.45, 2.75) is 11.8 Å². The molecule has 0 saturated heterocycles. The standard InChI is InChI=1S/C10H10F3NO3/c1-14-7-4-2-6(3-5-7)9(17,8(15)16)10(11,12)13/h2-5,14,17H,1H3,(H,15,16). The predicted molar refractivity (Wildman–Crippen MR) is 53.6 cm³/mol. The van der Waals surface area contributed by atoms with Crippen molar-refractivity contribution in [2.75, 3.05) is 12.4 Å². The summed E-state index contributed by atoms with van der Waals surface area (Å²) in [5.74, 6) is -2.36. The molecule has 1 aromatic carbocycles. The quantitative estimate of drug-likeness (QED) is 0.760. The lowest BCUT2D eigenvalue weighted by Gasteiger charge is -2.26. The van der Waals surface area contributed by atoms with E-state index in [0.717, 1.165) is 12.1 Å². The Morgan fingerprint density at radius 2 is 1.71 bits per heavy atom. The Hall–Kier alpha value is -1.76. The maximum Gasteiger partial charge on any atom is 0.432 e. The zero-order chi connectivity index (χ0) is 13.3. The lowest BCUT2D eigenvalue weighted by Crippen LogP contribution is -2.49. The molecule has 94 valence electrons. The Labute approximate surface area is 94.7 Å². The normalized spacial score (nSPS) is 15.1. The molecule has 1 aromatic rings. The van der Waals surface area contributed by atoms with Crippen molar-refractivity contribution in [1.29, 1.82) is 0 Å². The van der Waals surface area contributed by atoms with Crippen LogP contribution in [0.4, 0.5) is 18.9 Å². The Balaban J connectivity index is 3.29. The summed E-state index contributed by atoms with van der Waals surface area (Å²) in [6.07, 6.45) is -5.29. The molecule has 0 aliphatic carbocycles. The molecule has 0 aromatic heterocycles. The van der Waals surface area contributed by atoms with E-state index in [4.69, 9.17) is 5.11 Å². The Morgan fingerprint density at radius 1 is 1.24 bits per heavy atom. The molecule has 0 aliphatic heterocycles. The van der Waals surface area contributed by atoms with Gasteiger partial charge in [-0.2, -0.15) is 13.2 Å². The van der Waals surface area contributed by atoms with Crippen molar-refractivity contribution in [3.05, 3.63) is 29.8 Å². The van der Waals surface area contributed by atoms with E-state index in [1.165, 1.54) is 12.1 Å². The summed E-state index contributed by atoms with van der Waals surface area (Å²) in [5.41, 5.74) is -4.13. The Kier molecular flexibility index (Phi) is 3.33. The second kappa shape index (κ2) is 4.25. The lowest BCUT2D eigenvalue weighted by molar-refractivity contribution is -0.265. The first-order valence-electron chi connectivity index (χ1n) is 4.54. The van der Waals surface area contributed by atoms with E-state index in [-0.39, 0.29) is 0 Å². The third kappa shape index (κ3) is 2.19. The fourth-order valence-electron chi connectivity index (χ4n) is 1.29. The van der Waals surface area contributed by atoms with E-state index in [2.05, 4.69) is 5.32 Å².